The van der Waals surface area contributed by atoms with Crippen LogP contribution in [0.4, 0.5) is 32.2 Å². The zero-order chi connectivity index (χ0) is 11.8. The Bertz CT molecular complexity index is 372. The molecule has 0 bridgehead atoms. The van der Waals surface area contributed by atoms with Crippen LogP contribution in [0.25, 0.3) is 0 Å². The van der Waals surface area contributed by atoms with Gasteiger partial charge in [0, 0.05) is 6.20 Å². The van der Waals surface area contributed by atoms with Gasteiger partial charge in [-0.15, -0.1) is 0 Å². The van der Waals surface area contributed by atoms with Crippen LogP contribution < -0.4 is 5.73 Å². The van der Waals surface area contributed by atoms with Crippen molar-refractivity contribution in [3.8, 4) is 0 Å². The minimum atomic E-state index is -5.09. The summed E-state index contributed by atoms with van der Waals surface area (Å²) >= 11 is 0. The third-order valence-corrected chi connectivity index (χ3v) is 1.61. The molecule has 8 heteroatoms. The summed E-state index contributed by atoms with van der Waals surface area (Å²) < 4.78 is 73.6. The van der Waals surface area contributed by atoms with E-state index in [2.05, 4.69) is 4.98 Å². The van der Waals surface area contributed by atoms with Crippen LogP contribution in [0.2, 0.25) is 0 Å². The lowest BCUT2D eigenvalue weighted by Crippen LogP contribution is -2.14. The number of halogens is 6. The van der Waals surface area contributed by atoms with Gasteiger partial charge in [-0.1, -0.05) is 0 Å². The fourth-order valence-corrected chi connectivity index (χ4v) is 0.956. The molecule has 0 radical (unpaired) electrons. The summed E-state index contributed by atoms with van der Waals surface area (Å²) in [5.74, 6) is -2.82. The largest absolute Gasteiger partial charge is 0.418 e. The molecule has 1 heterocycles. The molecule has 2 N–H and O–H groups in total. The van der Waals surface area contributed by atoms with Crippen molar-refractivity contribution in [3.63, 3.8) is 0 Å². The van der Waals surface area contributed by atoms with Crippen LogP contribution in [0.5, 0.6) is 0 Å². The number of nitrogens with zero attached hydrogens (tertiary/aromatic N) is 1. The molecular formula is C7H4F6N2. The predicted molar refractivity (Wildman–Crippen MR) is 38.6 cm³/mol. The maximum absolute atomic E-state index is 12.9. The Morgan fingerprint density at radius 1 is 1.27 bits per heavy atom. The van der Waals surface area contributed by atoms with Crippen molar-refractivity contribution in [3.05, 3.63) is 23.1 Å². The van der Waals surface area contributed by atoms with E-state index in [4.69, 9.17) is 5.73 Å². The highest BCUT2D eigenvalue weighted by atomic mass is 19.4. The maximum atomic E-state index is 12.9. The van der Waals surface area contributed by atoms with Gasteiger partial charge >= 0.3 is 6.18 Å². The van der Waals surface area contributed by atoms with Crippen LogP contribution >= 0.6 is 0 Å². The number of rotatable bonds is 1. The highest BCUT2D eigenvalue weighted by Gasteiger charge is 2.38. The van der Waals surface area contributed by atoms with Gasteiger partial charge in [0.05, 0.1) is 11.1 Å². The number of anilines is 1. The van der Waals surface area contributed by atoms with Crippen LogP contribution in [-0.2, 0) is 6.18 Å². The number of hydrogen-bond acceptors (Lipinski definition) is 2. The minimum absolute atomic E-state index is 0.0832. The normalized spacial score (nSPS) is 12.2. The lowest BCUT2D eigenvalue weighted by molar-refractivity contribution is -0.140. The van der Waals surface area contributed by atoms with Crippen molar-refractivity contribution in [2.45, 2.75) is 12.6 Å². The number of aromatic nitrogens is 1. The lowest BCUT2D eigenvalue weighted by Gasteiger charge is -2.13. The molecule has 2 nitrogen and oxygen atoms in total. The van der Waals surface area contributed by atoms with Crippen molar-refractivity contribution in [2.75, 3.05) is 5.73 Å². The average molecular weight is 230 g/mol. The Balaban J connectivity index is 3.47. The van der Waals surface area contributed by atoms with Gasteiger partial charge < -0.3 is 5.73 Å². The molecule has 0 unspecified atom stereocenters. The van der Waals surface area contributed by atoms with Gasteiger partial charge in [0.15, 0.2) is 11.6 Å². The molecular weight excluding hydrogens is 226 g/mol. The van der Waals surface area contributed by atoms with Gasteiger partial charge in [-0.05, 0) is 0 Å². The van der Waals surface area contributed by atoms with Crippen LogP contribution in [-0.4, -0.2) is 4.98 Å². The van der Waals surface area contributed by atoms with Crippen LogP contribution in [0.15, 0.2) is 6.20 Å². The van der Waals surface area contributed by atoms with Crippen molar-refractivity contribution < 1.29 is 26.3 Å². The topological polar surface area (TPSA) is 38.9 Å². The zero-order valence-electron chi connectivity index (χ0n) is 6.95. The lowest BCUT2D eigenvalue weighted by atomic mass is 10.1. The monoisotopic (exact) mass is 230 g/mol. The summed E-state index contributed by atoms with van der Waals surface area (Å²) in [6, 6.07) is 0. The molecule has 0 atom stereocenters. The molecule has 0 aliphatic heterocycles. The zero-order valence-corrected chi connectivity index (χ0v) is 6.95. The van der Waals surface area contributed by atoms with Crippen LogP contribution in [0, 0.1) is 5.82 Å². The van der Waals surface area contributed by atoms with Crippen molar-refractivity contribution in [2.24, 2.45) is 0 Å². The number of nitrogens with two attached hydrogens (primary N) is 1. The quantitative estimate of drug-likeness (QED) is 0.753. The van der Waals surface area contributed by atoms with E-state index in [1.165, 1.54) is 0 Å². The van der Waals surface area contributed by atoms with E-state index in [1.54, 1.807) is 0 Å². The summed E-state index contributed by atoms with van der Waals surface area (Å²) in [5, 5.41) is 0. The molecule has 0 spiro atoms. The SMILES string of the molecule is Nc1ncc(C(F)(F)F)c(C(F)F)c1F. The first-order valence-corrected chi connectivity index (χ1v) is 3.54. The van der Waals surface area contributed by atoms with E-state index in [1.807, 2.05) is 0 Å². The molecule has 15 heavy (non-hydrogen) atoms. The number of pyridine rings is 1. The van der Waals surface area contributed by atoms with Gasteiger partial charge in [-0.2, -0.15) is 13.2 Å². The van der Waals surface area contributed by atoms with Crippen molar-refractivity contribution in [1.82, 2.24) is 4.98 Å². The Kier molecular flexibility index (Phi) is 2.78. The van der Waals surface area contributed by atoms with E-state index in [0.29, 0.717) is 0 Å². The van der Waals surface area contributed by atoms with Gasteiger partial charge in [-0.3, -0.25) is 0 Å². The molecule has 84 valence electrons. The number of nitrogen functional groups attached to an aromatic ring is 1. The highest BCUT2D eigenvalue weighted by Crippen LogP contribution is 2.38. The molecule has 1 rings (SSSR count). The van der Waals surface area contributed by atoms with E-state index in [0.717, 1.165) is 0 Å². The standard InChI is InChI=1S/C7H4F6N2/c8-4-3(5(9)10)2(7(11,12)13)1-15-6(4)14/h1,5H,(H2,14,15). The van der Waals surface area contributed by atoms with Gasteiger partial charge in [0.25, 0.3) is 6.43 Å². The molecule has 0 saturated carbocycles. The van der Waals surface area contributed by atoms with Crippen molar-refractivity contribution in [1.29, 1.82) is 0 Å². The summed E-state index contributed by atoms with van der Waals surface area (Å²) in [4.78, 5) is 2.84. The average Bonchev–Trinajstić information content (AvgIpc) is 2.06. The Morgan fingerprint density at radius 2 is 1.80 bits per heavy atom. The summed E-state index contributed by atoms with van der Waals surface area (Å²) in [7, 11) is 0. The smallest absolute Gasteiger partial charge is 0.381 e. The fourth-order valence-electron chi connectivity index (χ4n) is 0.956. The first kappa shape index (κ1) is 11.6. The third-order valence-electron chi connectivity index (χ3n) is 1.61. The second kappa shape index (κ2) is 3.59. The second-order valence-electron chi connectivity index (χ2n) is 2.58. The molecule has 0 aromatic carbocycles. The number of alkyl halides is 5. The summed E-state index contributed by atoms with van der Waals surface area (Å²) in [6.45, 7) is 0. The Labute approximate surface area is 79.7 Å². The molecule has 1 aromatic heterocycles. The van der Waals surface area contributed by atoms with Crippen LogP contribution in [0.1, 0.15) is 17.6 Å². The van der Waals surface area contributed by atoms with E-state index in [-0.39, 0.29) is 6.20 Å². The molecule has 0 aliphatic carbocycles. The van der Waals surface area contributed by atoms with E-state index < -0.39 is 35.4 Å². The molecule has 0 saturated heterocycles. The van der Waals surface area contributed by atoms with E-state index in [9.17, 15) is 26.3 Å². The molecule has 1 aromatic rings. The summed E-state index contributed by atoms with van der Waals surface area (Å²) in [5.41, 5.74) is 1.20. The Morgan fingerprint density at radius 3 is 2.20 bits per heavy atom. The number of hydrogen-bond donors (Lipinski definition) is 1. The molecule has 0 fully saturated rings. The highest BCUT2D eigenvalue weighted by molar-refractivity contribution is 5.41. The maximum Gasteiger partial charge on any atom is 0.418 e. The van der Waals surface area contributed by atoms with E-state index >= 15 is 0 Å². The van der Waals surface area contributed by atoms with Crippen LogP contribution in [0.3, 0.4) is 0 Å². The molecule has 0 amide bonds. The fraction of sp³-hybridized carbons (Fsp3) is 0.286. The molecule has 0 aliphatic rings. The first-order chi connectivity index (χ1) is 6.75. The van der Waals surface area contributed by atoms with Crippen molar-refractivity contribution >= 4 is 5.82 Å². The summed E-state index contributed by atoms with van der Waals surface area (Å²) in [6.07, 6.45) is -8.61. The first-order valence-electron chi connectivity index (χ1n) is 3.54. The van der Waals surface area contributed by atoms with Gasteiger partial charge in [0.1, 0.15) is 0 Å². The third kappa shape index (κ3) is 2.13. The Hall–Kier alpha value is -1.47. The predicted octanol–water partition coefficient (Wildman–Crippen LogP) is 2.76. The van der Waals surface area contributed by atoms with Gasteiger partial charge in [0.2, 0.25) is 0 Å². The second-order valence-corrected chi connectivity index (χ2v) is 2.58. The minimum Gasteiger partial charge on any atom is -0.381 e. The van der Waals surface area contributed by atoms with Gasteiger partial charge in [-0.25, -0.2) is 18.2 Å².